The van der Waals surface area contributed by atoms with Gasteiger partial charge in [0.2, 0.25) is 10.0 Å². The van der Waals surface area contributed by atoms with Gasteiger partial charge in [0.25, 0.3) is 5.91 Å². The molecule has 0 aliphatic carbocycles. The lowest BCUT2D eigenvalue weighted by Crippen LogP contribution is -2.12. The van der Waals surface area contributed by atoms with Crippen molar-refractivity contribution in [1.29, 1.82) is 0 Å². The number of carbonyl (C=O) groups is 1. The van der Waals surface area contributed by atoms with Gasteiger partial charge in [0.05, 0.1) is 16.8 Å². The second-order valence-electron chi connectivity index (χ2n) is 5.71. The topological polar surface area (TPSA) is 75.3 Å². The molecule has 0 saturated heterocycles. The lowest BCUT2D eigenvalue weighted by molar-refractivity contribution is 0.103. The molecule has 0 spiro atoms. The van der Waals surface area contributed by atoms with Crippen LogP contribution >= 0.6 is 22.9 Å². The van der Waals surface area contributed by atoms with Gasteiger partial charge in [-0.3, -0.25) is 9.52 Å². The third-order valence-corrected chi connectivity index (χ3v) is 5.29. The fourth-order valence-corrected chi connectivity index (χ4v) is 4.12. The van der Waals surface area contributed by atoms with Crippen LogP contribution in [0.4, 0.5) is 11.4 Å². The Balaban J connectivity index is 1.86. The highest BCUT2D eigenvalue weighted by atomic mass is 35.5. The number of halogens is 1. The van der Waals surface area contributed by atoms with Crippen LogP contribution in [0, 0.1) is 6.92 Å². The number of hydrogen-bond acceptors (Lipinski definition) is 4. The molecule has 1 aromatic heterocycles. The van der Waals surface area contributed by atoms with Gasteiger partial charge in [-0.05, 0) is 42.6 Å². The molecule has 3 rings (SSSR count). The number of benzene rings is 2. The van der Waals surface area contributed by atoms with Gasteiger partial charge < -0.3 is 5.32 Å². The Hall–Kier alpha value is -2.09. The first-order chi connectivity index (χ1) is 11.7. The normalized spacial score (nSPS) is 11.5. The molecule has 0 unspecified atom stereocenters. The summed E-state index contributed by atoms with van der Waals surface area (Å²) < 4.78 is 26.1. The molecule has 130 valence electrons. The van der Waals surface area contributed by atoms with Crippen LogP contribution in [-0.2, 0) is 10.0 Å². The summed E-state index contributed by atoms with van der Waals surface area (Å²) in [4.78, 5) is 13.1. The SMILES string of the molecule is Cc1ccc2sc(C(=O)Nc3cc(Cl)cc(NS(C)(=O)=O)c3)cc2c1. The van der Waals surface area contributed by atoms with Crippen LogP contribution in [-0.4, -0.2) is 20.6 Å². The van der Waals surface area contributed by atoms with E-state index >= 15 is 0 Å². The molecule has 0 fully saturated rings. The number of sulfonamides is 1. The van der Waals surface area contributed by atoms with Crippen molar-refractivity contribution in [2.24, 2.45) is 0 Å². The summed E-state index contributed by atoms with van der Waals surface area (Å²) in [6.07, 6.45) is 1.05. The highest BCUT2D eigenvalue weighted by molar-refractivity contribution is 7.92. The first-order valence-corrected chi connectivity index (χ1v) is 10.4. The van der Waals surface area contributed by atoms with Gasteiger partial charge in [0.15, 0.2) is 0 Å². The maximum Gasteiger partial charge on any atom is 0.265 e. The molecule has 0 bridgehead atoms. The van der Waals surface area contributed by atoms with Crippen LogP contribution < -0.4 is 10.0 Å². The van der Waals surface area contributed by atoms with Gasteiger partial charge in [-0.1, -0.05) is 29.3 Å². The van der Waals surface area contributed by atoms with Gasteiger partial charge in [0, 0.05) is 15.4 Å². The molecule has 3 aromatic rings. The van der Waals surface area contributed by atoms with Crippen molar-refractivity contribution in [2.75, 3.05) is 16.3 Å². The van der Waals surface area contributed by atoms with Crippen LogP contribution in [0.3, 0.4) is 0 Å². The molecule has 2 aromatic carbocycles. The van der Waals surface area contributed by atoms with E-state index in [1.54, 1.807) is 6.07 Å². The highest BCUT2D eigenvalue weighted by Gasteiger charge is 2.12. The van der Waals surface area contributed by atoms with Crippen molar-refractivity contribution in [3.63, 3.8) is 0 Å². The zero-order chi connectivity index (χ0) is 18.2. The predicted octanol–water partition coefficient (Wildman–Crippen LogP) is 4.49. The van der Waals surface area contributed by atoms with Gasteiger partial charge in [-0.15, -0.1) is 11.3 Å². The zero-order valence-corrected chi connectivity index (χ0v) is 15.8. The number of amides is 1. The molecule has 0 aliphatic rings. The number of anilines is 2. The fraction of sp³-hybridized carbons (Fsp3) is 0.118. The van der Waals surface area contributed by atoms with Crippen LogP contribution in [0.5, 0.6) is 0 Å². The minimum Gasteiger partial charge on any atom is -0.321 e. The lowest BCUT2D eigenvalue weighted by atomic mass is 10.2. The lowest BCUT2D eigenvalue weighted by Gasteiger charge is -2.09. The number of aryl methyl sites for hydroxylation is 1. The Morgan fingerprint density at radius 2 is 1.80 bits per heavy atom. The van der Waals surface area contributed by atoms with Crippen LogP contribution in [0.25, 0.3) is 10.1 Å². The van der Waals surface area contributed by atoms with E-state index in [-0.39, 0.29) is 11.6 Å². The van der Waals surface area contributed by atoms with E-state index in [4.69, 9.17) is 11.6 Å². The molecule has 2 N–H and O–H groups in total. The van der Waals surface area contributed by atoms with Crippen molar-refractivity contribution in [3.05, 3.63) is 57.9 Å². The molecular formula is C17H15ClN2O3S2. The maximum atomic E-state index is 12.5. The Bertz CT molecular complexity index is 1070. The van der Waals surface area contributed by atoms with E-state index in [1.165, 1.54) is 23.5 Å². The third kappa shape index (κ3) is 4.50. The zero-order valence-electron chi connectivity index (χ0n) is 13.5. The number of hydrogen-bond donors (Lipinski definition) is 2. The summed E-state index contributed by atoms with van der Waals surface area (Å²) in [7, 11) is -3.43. The number of thiophene rings is 1. The number of fused-ring (bicyclic) bond motifs is 1. The number of carbonyl (C=O) groups excluding carboxylic acids is 1. The van der Waals surface area contributed by atoms with Gasteiger partial charge in [-0.2, -0.15) is 0 Å². The van der Waals surface area contributed by atoms with Crippen LogP contribution in [0.2, 0.25) is 5.02 Å². The van der Waals surface area contributed by atoms with Crippen molar-refractivity contribution < 1.29 is 13.2 Å². The predicted molar refractivity (Wildman–Crippen MR) is 104 cm³/mol. The van der Waals surface area contributed by atoms with Crippen molar-refractivity contribution >= 4 is 60.3 Å². The number of nitrogens with one attached hydrogen (secondary N) is 2. The minimum absolute atomic E-state index is 0.272. The average molecular weight is 395 g/mol. The largest absolute Gasteiger partial charge is 0.321 e. The third-order valence-electron chi connectivity index (χ3n) is 3.35. The minimum atomic E-state index is -3.43. The standard InChI is InChI=1S/C17H15ClN2O3S2/c1-10-3-4-15-11(5-10)6-16(24-15)17(21)19-13-7-12(18)8-14(9-13)20-25(2,22)23/h3-9,20H,1-2H3,(H,19,21). The van der Waals surface area contributed by atoms with Gasteiger partial charge in [-0.25, -0.2) is 8.42 Å². The Kier molecular flexibility index (Phi) is 4.73. The molecular weight excluding hydrogens is 380 g/mol. The molecule has 0 radical (unpaired) electrons. The Labute approximate surface area is 154 Å². The smallest absolute Gasteiger partial charge is 0.265 e. The summed E-state index contributed by atoms with van der Waals surface area (Å²) in [5.41, 5.74) is 1.83. The summed E-state index contributed by atoms with van der Waals surface area (Å²) in [5.74, 6) is -0.272. The van der Waals surface area contributed by atoms with E-state index in [0.717, 1.165) is 21.9 Å². The second kappa shape index (κ2) is 6.67. The molecule has 5 nitrogen and oxygen atoms in total. The molecule has 0 aliphatic heterocycles. The first kappa shape index (κ1) is 17.7. The average Bonchev–Trinajstić information content (AvgIpc) is 2.87. The van der Waals surface area contributed by atoms with Crippen molar-refractivity contribution in [2.45, 2.75) is 6.92 Å². The van der Waals surface area contributed by atoms with Crippen LogP contribution in [0.15, 0.2) is 42.5 Å². The molecule has 1 heterocycles. The van der Waals surface area contributed by atoms with E-state index in [1.807, 2.05) is 31.2 Å². The summed E-state index contributed by atoms with van der Waals surface area (Å²) in [5, 5.41) is 4.08. The maximum absolute atomic E-state index is 12.5. The molecule has 1 amide bonds. The van der Waals surface area contributed by atoms with E-state index in [0.29, 0.717) is 15.6 Å². The summed E-state index contributed by atoms with van der Waals surface area (Å²) >= 11 is 7.40. The first-order valence-electron chi connectivity index (χ1n) is 7.29. The Morgan fingerprint density at radius 1 is 1.08 bits per heavy atom. The van der Waals surface area contributed by atoms with Crippen molar-refractivity contribution in [3.8, 4) is 0 Å². The van der Waals surface area contributed by atoms with E-state index in [2.05, 4.69) is 10.0 Å². The second-order valence-corrected chi connectivity index (χ2v) is 8.98. The Morgan fingerprint density at radius 3 is 2.52 bits per heavy atom. The number of rotatable bonds is 4. The quantitative estimate of drug-likeness (QED) is 0.684. The highest BCUT2D eigenvalue weighted by Crippen LogP contribution is 2.28. The molecule has 8 heteroatoms. The molecule has 25 heavy (non-hydrogen) atoms. The monoisotopic (exact) mass is 394 g/mol. The summed E-state index contributed by atoms with van der Waals surface area (Å²) in [6.45, 7) is 2.00. The summed E-state index contributed by atoms with van der Waals surface area (Å²) in [6, 6.07) is 12.4. The van der Waals surface area contributed by atoms with Crippen LogP contribution in [0.1, 0.15) is 15.2 Å². The van der Waals surface area contributed by atoms with Gasteiger partial charge >= 0.3 is 0 Å². The van der Waals surface area contributed by atoms with E-state index in [9.17, 15) is 13.2 Å². The van der Waals surface area contributed by atoms with Crippen molar-refractivity contribution in [1.82, 2.24) is 0 Å². The molecule has 0 saturated carbocycles. The van der Waals surface area contributed by atoms with Gasteiger partial charge in [0.1, 0.15) is 0 Å². The fourth-order valence-electron chi connectivity index (χ4n) is 2.40. The molecule has 0 atom stereocenters. The van der Waals surface area contributed by atoms with E-state index < -0.39 is 10.0 Å².